The standard InChI is InChI=1S/C23H26ClN3O2/c1-17-6-5-7-18(2)23(17)25-21(28)16-26-12-14-27(15-13-26)22(29)11-10-19-8-3-4-9-20(19)24/h3-11H,12-16H2,1-2H3,(H,25,28)/b11-10+. The van der Waals surface area contributed by atoms with Gasteiger partial charge in [-0.05, 0) is 42.7 Å². The quantitative estimate of drug-likeness (QED) is 0.762. The van der Waals surface area contributed by atoms with E-state index in [9.17, 15) is 9.59 Å². The Morgan fingerprint density at radius 3 is 2.31 bits per heavy atom. The molecular formula is C23H26ClN3O2. The van der Waals surface area contributed by atoms with Crippen LogP contribution in [0.3, 0.4) is 0 Å². The van der Waals surface area contributed by atoms with Crippen molar-refractivity contribution in [3.63, 3.8) is 0 Å². The fourth-order valence-corrected chi connectivity index (χ4v) is 3.60. The van der Waals surface area contributed by atoms with Gasteiger partial charge in [-0.1, -0.05) is 48.0 Å². The number of aryl methyl sites for hydroxylation is 2. The number of halogens is 1. The molecule has 0 aliphatic carbocycles. The Balaban J connectivity index is 1.48. The van der Waals surface area contributed by atoms with Crippen LogP contribution in [-0.2, 0) is 9.59 Å². The van der Waals surface area contributed by atoms with Crippen molar-refractivity contribution in [3.05, 3.63) is 70.3 Å². The number of hydrogen-bond donors (Lipinski definition) is 1. The average Bonchev–Trinajstić information content (AvgIpc) is 2.70. The molecule has 1 aliphatic rings. The minimum Gasteiger partial charge on any atom is -0.337 e. The second kappa shape index (κ2) is 9.72. The smallest absolute Gasteiger partial charge is 0.246 e. The third kappa shape index (κ3) is 5.68. The zero-order valence-corrected chi connectivity index (χ0v) is 17.6. The number of anilines is 1. The molecule has 3 rings (SSSR count). The van der Waals surface area contributed by atoms with E-state index in [0.29, 0.717) is 37.7 Å². The molecule has 0 bridgehead atoms. The van der Waals surface area contributed by atoms with Crippen LogP contribution in [0.5, 0.6) is 0 Å². The molecule has 0 saturated carbocycles. The van der Waals surface area contributed by atoms with Crippen molar-refractivity contribution in [1.82, 2.24) is 9.80 Å². The van der Waals surface area contributed by atoms with Crippen LogP contribution in [0.25, 0.3) is 6.08 Å². The lowest BCUT2D eigenvalue weighted by Crippen LogP contribution is -2.50. The molecular weight excluding hydrogens is 386 g/mol. The van der Waals surface area contributed by atoms with E-state index in [-0.39, 0.29) is 11.8 Å². The summed E-state index contributed by atoms with van der Waals surface area (Å²) in [6, 6.07) is 13.4. The van der Waals surface area contributed by atoms with E-state index in [1.54, 1.807) is 23.1 Å². The van der Waals surface area contributed by atoms with Crippen LogP contribution < -0.4 is 5.32 Å². The normalized spacial score (nSPS) is 14.9. The highest BCUT2D eigenvalue weighted by atomic mass is 35.5. The largest absolute Gasteiger partial charge is 0.337 e. The number of benzene rings is 2. The van der Waals surface area contributed by atoms with Crippen molar-refractivity contribution >= 4 is 35.2 Å². The molecule has 1 saturated heterocycles. The molecule has 1 heterocycles. The van der Waals surface area contributed by atoms with Crippen molar-refractivity contribution in [3.8, 4) is 0 Å². The first-order chi connectivity index (χ1) is 13.9. The van der Waals surface area contributed by atoms with Crippen LogP contribution in [0.4, 0.5) is 5.69 Å². The molecule has 0 spiro atoms. The van der Waals surface area contributed by atoms with Gasteiger partial charge in [-0.25, -0.2) is 0 Å². The molecule has 2 amide bonds. The fourth-order valence-electron chi connectivity index (χ4n) is 3.40. The summed E-state index contributed by atoms with van der Waals surface area (Å²) >= 11 is 6.12. The summed E-state index contributed by atoms with van der Waals surface area (Å²) in [5.41, 5.74) is 3.82. The van der Waals surface area contributed by atoms with Gasteiger partial charge in [0.15, 0.2) is 0 Å². The highest BCUT2D eigenvalue weighted by Crippen LogP contribution is 2.19. The van der Waals surface area contributed by atoms with Crippen molar-refractivity contribution in [2.45, 2.75) is 13.8 Å². The summed E-state index contributed by atoms with van der Waals surface area (Å²) in [5.74, 6) is -0.0645. The predicted octanol–water partition coefficient (Wildman–Crippen LogP) is 3.75. The molecule has 5 nitrogen and oxygen atoms in total. The lowest BCUT2D eigenvalue weighted by Gasteiger charge is -2.33. The summed E-state index contributed by atoms with van der Waals surface area (Å²) in [6.07, 6.45) is 3.31. The molecule has 2 aromatic carbocycles. The molecule has 0 radical (unpaired) electrons. The number of nitrogens with one attached hydrogen (secondary N) is 1. The zero-order valence-electron chi connectivity index (χ0n) is 16.8. The minimum atomic E-state index is -0.0374. The van der Waals surface area contributed by atoms with Gasteiger partial charge in [-0.2, -0.15) is 0 Å². The third-order valence-corrected chi connectivity index (χ3v) is 5.45. The number of rotatable bonds is 5. The monoisotopic (exact) mass is 411 g/mol. The summed E-state index contributed by atoms with van der Waals surface area (Å²) in [6.45, 7) is 6.85. The SMILES string of the molecule is Cc1cccc(C)c1NC(=O)CN1CCN(C(=O)/C=C/c2ccccc2Cl)CC1. The molecule has 0 unspecified atom stereocenters. The summed E-state index contributed by atoms with van der Waals surface area (Å²) < 4.78 is 0. The number of carbonyl (C=O) groups is 2. The first-order valence-electron chi connectivity index (χ1n) is 9.74. The maximum absolute atomic E-state index is 12.4. The Kier molecular flexibility index (Phi) is 7.07. The molecule has 2 aromatic rings. The first kappa shape index (κ1) is 21.1. The van der Waals surface area contributed by atoms with Gasteiger partial charge >= 0.3 is 0 Å². The molecule has 29 heavy (non-hydrogen) atoms. The summed E-state index contributed by atoms with van der Waals surface area (Å²) in [7, 11) is 0. The molecule has 1 N–H and O–H groups in total. The van der Waals surface area contributed by atoms with Gasteiger partial charge < -0.3 is 10.2 Å². The molecule has 1 aliphatic heterocycles. The van der Waals surface area contributed by atoms with E-state index >= 15 is 0 Å². The number of nitrogens with zero attached hydrogens (tertiary/aromatic N) is 2. The maximum atomic E-state index is 12.4. The van der Waals surface area contributed by atoms with Gasteiger partial charge in [0.2, 0.25) is 11.8 Å². The number of para-hydroxylation sites is 1. The highest BCUT2D eigenvalue weighted by molar-refractivity contribution is 6.32. The van der Waals surface area contributed by atoms with E-state index < -0.39 is 0 Å². The lowest BCUT2D eigenvalue weighted by atomic mass is 10.1. The van der Waals surface area contributed by atoms with Gasteiger partial charge in [0.25, 0.3) is 0 Å². The Morgan fingerprint density at radius 2 is 1.66 bits per heavy atom. The number of carbonyl (C=O) groups excluding carboxylic acids is 2. The topological polar surface area (TPSA) is 52.7 Å². The Hall–Kier alpha value is -2.63. The predicted molar refractivity (Wildman–Crippen MR) is 118 cm³/mol. The first-order valence-corrected chi connectivity index (χ1v) is 10.1. The molecule has 152 valence electrons. The van der Waals surface area contributed by atoms with E-state index in [0.717, 1.165) is 22.4 Å². The Labute approximate surface area is 177 Å². The van der Waals surface area contributed by atoms with Crippen molar-refractivity contribution in [1.29, 1.82) is 0 Å². The van der Waals surface area contributed by atoms with Gasteiger partial charge in [0.05, 0.1) is 6.54 Å². The van der Waals surface area contributed by atoms with E-state index in [1.807, 2.05) is 50.2 Å². The second-order valence-corrected chi connectivity index (χ2v) is 7.68. The highest BCUT2D eigenvalue weighted by Gasteiger charge is 2.21. The molecule has 0 atom stereocenters. The molecule has 1 fully saturated rings. The Bertz CT molecular complexity index is 898. The van der Waals surface area contributed by atoms with Crippen LogP contribution in [0, 0.1) is 13.8 Å². The fraction of sp³-hybridized carbons (Fsp3) is 0.304. The van der Waals surface area contributed by atoms with Crippen molar-refractivity contribution in [2.75, 3.05) is 38.0 Å². The van der Waals surface area contributed by atoms with Crippen LogP contribution in [0.1, 0.15) is 16.7 Å². The van der Waals surface area contributed by atoms with Gasteiger partial charge in [0.1, 0.15) is 0 Å². The Morgan fingerprint density at radius 1 is 1.00 bits per heavy atom. The molecule has 0 aromatic heterocycles. The number of amides is 2. The van der Waals surface area contributed by atoms with Crippen LogP contribution in [0.2, 0.25) is 5.02 Å². The molecule has 6 heteroatoms. The van der Waals surface area contributed by atoms with Crippen LogP contribution in [0.15, 0.2) is 48.5 Å². The van der Waals surface area contributed by atoms with Gasteiger partial charge in [-0.15, -0.1) is 0 Å². The third-order valence-electron chi connectivity index (χ3n) is 5.11. The van der Waals surface area contributed by atoms with Gasteiger partial charge in [-0.3, -0.25) is 14.5 Å². The van der Waals surface area contributed by atoms with Crippen molar-refractivity contribution in [2.24, 2.45) is 0 Å². The van der Waals surface area contributed by atoms with E-state index in [4.69, 9.17) is 11.6 Å². The second-order valence-electron chi connectivity index (χ2n) is 7.27. The van der Waals surface area contributed by atoms with E-state index in [1.165, 1.54) is 0 Å². The summed E-state index contributed by atoms with van der Waals surface area (Å²) in [4.78, 5) is 28.7. The summed E-state index contributed by atoms with van der Waals surface area (Å²) in [5, 5.41) is 3.64. The van der Waals surface area contributed by atoms with Crippen molar-refractivity contribution < 1.29 is 9.59 Å². The number of hydrogen-bond acceptors (Lipinski definition) is 3. The zero-order chi connectivity index (χ0) is 20.8. The van der Waals surface area contributed by atoms with Crippen LogP contribution >= 0.6 is 11.6 Å². The number of piperazine rings is 1. The maximum Gasteiger partial charge on any atom is 0.246 e. The van der Waals surface area contributed by atoms with E-state index in [2.05, 4.69) is 10.2 Å². The van der Waals surface area contributed by atoms with Gasteiger partial charge in [0, 0.05) is 43.0 Å². The minimum absolute atomic E-state index is 0.0270. The average molecular weight is 412 g/mol. The lowest BCUT2D eigenvalue weighted by molar-refractivity contribution is -0.127. The van der Waals surface area contributed by atoms with Crippen LogP contribution in [-0.4, -0.2) is 54.3 Å².